The third-order valence-electron chi connectivity index (χ3n) is 1.95. The molecule has 0 aromatic carbocycles. The third kappa shape index (κ3) is 4.77. The minimum absolute atomic E-state index is 0.0818. The zero-order valence-corrected chi connectivity index (χ0v) is 9.81. The van der Waals surface area contributed by atoms with Gasteiger partial charge in [0.25, 0.3) is 0 Å². The Morgan fingerprint density at radius 3 is 2.18 bits per heavy atom. The van der Waals surface area contributed by atoms with Crippen LogP contribution in [0.15, 0.2) is 0 Å². The quantitative estimate of drug-likeness (QED) is 0.519. The van der Waals surface area contributed by atoms with E-state index in [4.69, 9.17) is 0 Å². The zero-order chi connectivity index (χ0) is 13.7. The lowest BCUT2D eigenvalue weighted by Gasteiger charge is -2.25. The van der Waals surface area contributed by atoms with Crippen LogP contribution in [0, 0.1) is 0 Å². The van der Waals surface area contributed by atoms with Crippen molar-refractivity contribution in [3.05, 3.63) is 0 Å². The van der Waals surface area contributed by atoms with Crippen LogP contribution in [0.2, 0.25) is 0 Å². The molecule has 0 atom stereocenters. The Kier molecular flexibility index (Phi) is 6.36. The van der Waals surface area contributed by atoms with Crippen molar-refractivity contribution >= 4 is 16.9 Å². The Bertz CT molecular complexity index is 256. The van der Waals surface area contributed by atoms with Gasteiger partial charge in [0.2, 0.25) is 0 Å². The monoisotopic (exact) mass is 282 g/mol. The van der Waals surface area contributed by atoms with Crippen molar-refractivity contribution in [2.24, 2.45) is 0 Å². The summed E-state index contributed by atoms with van der Waals surface area (Å²) < 4.78 is 73.7. The normalized spacial score (nSPS) is 13.2. The van der Waals surface area contributed by atoms with Crippen LogP contribution in [0.4, 0.5) is 26.3 Å². The molecule has 0 N–H and O–H groups in total. The third-order valence-corrected chi connectivity index (χ3v) is 3.05. The van der Waals surface area contributed by atoms with Crippen LogP contribution in [-0.2, 0) is 4.79 Å². The second kappa shape index (κ2) is 6.51. The molecular formula is C9H12F6OS. The number of alkyl halides is 6. The largest absolute Gasteiger partial charge is 0.369 e. The van der Waals surface area contributed by atoms with Gasteiger partial charge < -0.3 is 0 Å². The molecular weight excluding hydrogens is 270 g/mol. The van der Waals surface area contributed by atoms with Crippen LogP contribution < -0.4 is 0 Å². The van der Waals surface area contributed by atoms with E-state index in [0.717, 1.165) is 11.8 Å². The van der Waals surface area contributed by atoms with Crippen LogP contribution in [0.1, 0.15) is 26.2 Å². The number of hydrogen-bond acceptors (Lipinski definition) is 2. The van der Waals surface area contributed by atoms with Gasteiger partial charge >= 0.3 is 18.3 Å². The van der Waals surface area contributed by atoms with Gasteiger partial charge in [-0.2, -0.15) is 17.6 Å². The molecule has 0 fully saturated rings. The summed E-state index contributed by atoms with van der Waals surface area (Å²) in [5, 5.41) is -0.256. The van der Waals surface area contributed by atoms with Crippen molar-refractivity contribution in [3.8, 4) is 0 Å². The molecule has 0 spiro atoms. The SMILES string of the molecule is CCC(=O)SCCCC(F)(F)C(F)(F)C(F)F. The van der Waals surface area contributed by atoms with Gasteiger partial charge in [-0.25, -0.2) is 8.78 Å². The molecule has 1 nitrogen and oxygen atoms in total. The predicted octanol–water partition coefficient (Wildman–Crippen LogP) is 3.97. The Hall–Kier alpha value is -0.400. The Balaban J connectivity index is 4.14. The molecule has 0 radical (unpaired) electrons. The van der Waals surface area contributed by atoms with E-state index in [2.05, 4.69) is 0 Å². The molecule has 0 bridgehead atoms. The summed E-state index contributed by atoms with van der Waals surface area (Å²) in [7, 11) is 0. The highest BCUT2D eigenvalue weighted by Crippen LogP contribution is 2.42. The van der Waals surface area contributed by atoms with Crippen LogP contribution in [0.3, 0.4) is 0 Å². The fourth-order valence-corrected chi connectivity index (χ4v) is 1.63. The Morgan fingerprint density at radius 2 is 1.76 bits per heavy atom. The van der Waals surface area contributed by atoms with E-state index >= 15 is 0 Å². The molecule has 0 amide bonds. The lowest BCUT2D eigenvalue weighted by molar-refractivity contribution is -0.265. The molecule has 0 aliphatic carbocycles. The topological polar surface area (TPSA) is 17.1 Å². The maximum Gasteiger partial charge on any atom is 0.369 e. The number of carbonyl (C=O) groups is 1. The van der Waals surface area contributed by atoms with Crippen molar-refractivity contribution in [2.75, 3.05) is 5.75 Å². The highest BCUT2D eigenvalue weighted by molar-refractivity contribution is 8.13. The summed E-state index contributed by atoms with van der Waals surface area (Å²) >= 11 is 0.731. The lowest BCUT2D eigenvalue weighted by Crippen LogP contribution is -2.46. The molecule has 0 aromatic rings. The average Bonchev–Trinajstić information content (AvgIpc) is 2.23. The molecule has 8 heteroatoms. The first-order valence-corrected chi connectivity index (χ1v) is 5.83. The summed E-state index contributed by atoms with van der Waals surface area (Å²) in [6, 6.07) is 0. The molecule has 0 unspecified atom stereocenters. The summed E-state index contributed by atoms with van der Waals surface area (Å²) in [6.45, 7) is 1.56. The van der Waals surface area contributed by atoms with Gasteiger partial charge in [-0.1, -0.05) is 18.7 Å². The first-order chi connectivity index (χ1) is 7.65. The highest BCUT2D eigenvalue weighted by atomic mass is 32.2. The number of rotatable bonds is 7. The first-order valence-electron chi connectivity index (χ1n) is 4.84. The summed E-state index contributed by atoms with van der Waals surface area (Å²) in [5.74, 6) is -10.2. The summed E-state index contributed by atoms with van der Waals surface area (Å²) in [4.78, 5) is 10.7. The van der Waals surface area contributed by atoms with Crippen molar-refractivity contribution < 1.29 is 31.1 Å². The van der Waals surface area contributed by atoms with Crippen LogP contribution in [0.5, 0.6) is 0 Å². The van der Waals surface area contributed by atoms with Gasteiger partial charge in [-0.3, -0.25) is 4.79 Å². The van der Waals surface area contributed by atoms with Crippen molar-refractivity contribution in [3.63, 3.8) is 0 Å². The number of thioether (sulfide) groups is 1. The maximum absolute atomic E-state index is 12.7. The van der Waals surface area contributed by atoms with Crippen molar-refractivity contribution in [1.82, 2.24) is 0 Å². The van der Waals surface area contributed by atoms with Gasteiger partial charge in [-0.05, 0) is 6.42 Å². The van der Waals surface area contributed by atoms with E-state index in [9.17, 15) is 31.1 Å². The van der Waals surface area contributed by atoms with Gasteiger partial charge in [0, 0.05) is 18.6 Å². The van der Waals surface area contributed by atoms with Crippen molar-refractivity contribution in [1.29, 1.82) is 0 Å². The number of carbonyl (C=O) groups excluding carboxylic acids is 1. The lowest BCUT2D eigenvalue weighted by atomic mass is 10.1. The molecule has 102 valence electrons. The van der Waals surface area contributed by atoms with Gasteiger partial charge in [0.15, 0.2) is 5.12 Å². The second-order valence-corrected chi connectivity index (χ2v) is 4.46. The standard InChI is InChI=1S/C9H12F6OS/c1-2-6(16)17-5-3-4-8(12,13)9(14,15)7(10)11/h7H,2-5H2,1H3. The molecule has 0 aliphatic heterocycles. The van der Waals surface area contributed by atoms with E-state index in [0.29, 0.717) is 0 Å². The minimum Gasteiger partial charge on any atom is -0.287 e. The maximum atomic E-state index is 12.7. The van der Waals surface area contributed by atoms with E-state index in [-0.39, 0.29) is 17.3 Å². The van der Waals surface area contributed by atoms with Gasteiger partial charge in [0.05, 0.1) is 0 Å². The number of halogens is 6. The fourth-order valence-electron chi connectivity index (χ4n) is 0.909. The molecule has 0 saturated carbocycles. The molecule has 0 aliphatic rings. The molecule has 0 rings (SSSR count). The second-order valence-electron chi connectivity index (χ2n) is 3.31. The van der Waals surface area contributed by atoms with E-state index in [1.807, 2.05) is 0 Å². The van der Waals surface area contributed by atoms with Crippen LogP contribution in [0.25, 0.3) is 0 Å². The molecule has 17 heavy (non-hydrogen) atoms. The fraction of sp³-hybridized carbons (Fsp3) is 0.889. The Labute approximate surface area is 98.9 Å². The Morgan fingerprint density at radius 1 is 1.24 bits per heavy atom. The first kappa shape index (κ1) is 16.6. The van der Waals surface area contributed by atoms with E-state index in [1.165, 1.54) is 0 Å². The van der Waals surface area contributed by atoms with Crippen molar-refractivity contribution in [2.45, 2.75) is 44.5 Å². The van der Waals surface area contributed by atoms with E-state index in [1.54, 1.807) is 6.92 Å². The molecule has 0 aromatic heterocycles. The average molecular weight is 282 g/mol. The van der Waals surface area contributed by atoms with Crippen LogP contribution in [-0.4, -0.2) is 29.1 Å². The summed E-state index contributed by atoms with van der Waals surface area (Å²) in [5.41, 5.74) is 0. The van der Waals surface area contributed by atoms with Gasteiger partial charge in [-0.15, -0.1) is 0 Å². The highest BCUT2D eigenvalue weighted by Gasteiger charge is 2.61. The molecule has 0 heterocycles. The molecule has 0 saturated heterocycles. The van der Waals surface area contributed by atoms with Crippen LogP contribution >= 0.6 is 11.8 Å². The summed E-state index contributed by atoms with van der Waals surface area (Å²) in [6.07, 6.45) is -5.99. The smallest absolute Gasteiger partial charge is 0.287 e. The van der Waals surface area contributed by atoms with E-state index < -0.39 is 31.1 Å². The minimum atomic E-state index is -5.33. The predicted molar refractivity (Wildman–Crippen MR) is 52.9 cm³/mol. The zero-order valence-electron chi connectivity index (χ0n) is 8.99. The number of hydrogen-bond donors (Lipinski definition) is 0. The van der Waals surface area contributed by atoms with Gasteiger partial charge in [0.1, 0.15) is 0 Å².